The van der Waals surface area contributed by atoms with Crippen molar-refractivity contribution in [1.82, 2.24) is 4.98 Å². The molecule has 0 amide bonds. The van der Waals surface area contributed by atoms with Crippen LogP contribution in [0.25, 0.3) is 49.7 Å². The molecule has 0 unspecified atom stereocenters. The molecule has 0 bridgehead atoms. The van der Waals surface area contributed by atoms with Gasteiger partial charge in [-0.05, 0) is 51.1 Å². The van der Waals surface area contributed by atoms with Crippen molar-refractivity contribution in [2.75, 3.05) is 0 Å². The Morgan fingerprint density at radius 1 is 0.683 bits per heavy atom. The average molecular weight is 531 g/mol. The van der Waals surface area contributed by atoms with E-state index in [2.05, 4.69) is 4.98 Å². The van der Waals surface area contributed by atoms with Gasteiger partial charge in [0.05, 0.1) is 5.22 Å². The second-order valence-electron chi connectivity index (χ2n) is 9.92. The summed E-state index contributed by atoms with van der Waals surface area (Å²) < 4.78 is 0. The number of carbonyl (C=O) groups excluding carboxylic acids is 1. The topological polar surface area (TPSA) is 87.2 Å². The van der Waals surface area contributed by atoms with Gasteiger partial charge in [-0.15, -0.1) is 0 Å². The number of benzene rings is 5. The molecule has 194 valence electrons. The zero-order valence-corrected chi connectivity index (χ0v) is 21.6. The highest BCUT2D eigenvalue weighted by Gasteiger charge is 2.22. The van der Waals surface area contributed by atoms with Gasteiger partial charge in [-0.1, -0.05) is 96.8 Å². The van der Waals surface area contributed by atoms with Crippen LogP contribution in [-0.2, 0) is 0 Å². The molecule has 0 saturated heterocycles. The summed E-state index contributed by atoms with van der Waals surface area (Å²) in [7, 11) is 0. The SMILES string of the molecule is O=C1C(/C=C/C(=C/C=c2c(=O)c3cccc4cccc(c2=O)c43)c2ccncc2)=C([O-])c2cccc3cccc1c23. The molecule has 7 rings (SSSR count). The Labute approximate surface area is 233 Å². The molecule has 41 heavy (non-hydrogen) atoms. The van der Waals surface area contributed by atoms with Crippen molar-refractivity contribution in [2.45, 2.75) is 0 Å². The van der Waals surface area contributed by atoms with Gasteiger partial charge >= 0.3 is 0 Å². The molecule has 1 aliphatic rings. The summed E-state index contributed by atoms with van der Waals surface area (Å²) in [6.07, 6.45) is 9.61. The summed E-state index contributed by atoms with van der Waals surface area (Å²) in [5, 5.41) is 17.5. The number of pyridine rings is 1. The van der Waals surface area contributed by atoms with Gasteiger partial charge in [0.2, 0.25) is 0 Å². The Kier molecular flexibility index (Phi) is 5.65. The van der Waals surface area contributed by atoms with Gasteiger partial charge in [-0.2, -0.15) is 0 Å². The summed E-state index contributed by atoms with van der Waals surface area (Å²) in [5.41, 5.74) is 1.68. The maximum Gasteiger partial charge on any atom is 0.197 e. The summed E-state index contributed by atoms with van der Waals surface area (Å²) >= 11 is 0. The van der Waals surface area contributed by atoms with Crippen molar-refractivity contribution in [3.63, 3.8) is 0 Å². The Hall–Kier alpha value is -5.68. The van der Waals surface area contributed by atoms with Crippen molar-refractivity contribution >= 4 is 55.5 Å². The minimum absolute atomic E-state index is 0.0502. The van der Waals surface area contributed by atoms with E-state index in [1.165, 1.54) is 12.2 Å². The number of hydrogen-bond donors (Lipinski definition) is 0. The van der Waals surface area contributed by atoms with Crippen molar-refractivity contribution in [3.8, 4) is 0 Å². The van der Waals surface area contributed by atoms with Crippen LogP contribution in [0.3, 0.4) is 0 Å². The van der Waals surface area contributed by atoms with Crippen LogP contribution in [0.15, 0.2) is 131 Å². The molecule has 0 N–H and O–H groups in total. The highest BCUT2D eigenvalue weighted by molar-refractivity contribution is 6.25. The van der Waals surface area contributed by atoms with E-state index in [0.717, 1.165) is 16.3 Å². The summed E-state index contributed by atoms with van der Waals surface area (Å²) in [5.74, 6) is -0.685. The number of ketones is 1. The van der Waals surface area contributed by atoms with Crippen LogP contribution >= 0.6 is 0 Å². The van der Waals surface area contributed by atoms with Crippen LogP contribution in [0.2, 0.25) is 0 Å². The van der Waals surface area contributed by atoms with Gasteiger partial charge in [0.25, 0.3) is 0 Å². The van der Waals surface area contributed by atoms with Crippen molar-refractivity contribution in [1.29, 1.82) is 0 Å². The molecule has 0 fully saturated rings. The zero-order valence-electron chi connectivity index (χ0n) is 21.6. The Morgan fingerprint density at radius 3 is 1.93 bits per heavy atom. The van der Waals surface area contributed by atoms with E-state index < -0.39 is 0 Å². The number of aromatic nitrogens is 1. The quantitative estimate of drug-likeness (QED) is 0.306. The van der Waals surface area contributed by atoms with Crippen LogP contribution in [-0.4, -0.2) is 10.8 Å². The summed E-state index contributed by atoms with van der Waals surface area (Å²) in [6.45, 7) is 0. The fourth-order valence-corrected chi connectivity index (χ4v) is 5.67. The third kappa shape index (κ3) is 3.86. The Balaban J connectivity index is 1.41. The molecule has 5 heteroatoms. The largest absolute Gasteiger partial charge is 0.872 e. The fourth-order valence-electron chi connectivity index (χ4n) is 5.67. The van der Waals surface area contributed by atoms with E-state index in [1.807, 2.05) is 48.5 Å². The monoisotopic (exact) mass is 530 g/mol. The first-order valence-electron chi connectivity index (χ1n) is 13.1. The first-order chi connectivity index (χ1) is 20.0. The number of rotatable bonds is 4. The van der Waals surface area contributed by atoms with Crippen LogP contribution in [0, 0.1) is 0 Å². The van der Waals surface area contributed by atoms with Crippen molar-refractivity contribution in [3.05, 3.63) is 163 Å². The number of Topliss-reactive ketones (excluding diaryl/α,β-unsaturated/α-hetero) is 1. The van der Waals surface area contributed by atoms with Gasteiger partial charge in [0.15, 0.2) is 16.6 Å². The fraction of sp³-hybridized carbons (Fsp3) is 0. The molecule has 6 aromatic rings. The van der Waals surface area contributed by atoms with Gasteiger partial charge in [-0.3, -0.25) is 19.4 Å². The summed E-state index contributed by atoms with van der Waals surface area (Å²) in [4.78, 5) is 44.3. The van der Waals surface area contributed by atoms with Crippen molar-refractivity contribution in [2.24, 2.45) is 0 Å². The number of allylic oxidation sites excluding steroid dienone is 5. The van der Waals surface area contributed by atoms with Crippen LogP contribution < -0.4 is 21.2 Å². The Bertz CT molecular complexity index is 2240. The lowest BCUT2D eigenvalue weighted by Crippen LogP contribution is -2.38. The second-order valence-corrected chi connectivity index (χ2v) is 9.92. The molecule has 5 aromatic carbocycles. The first kappa shape index (κ1) is 24.4. The number of hydrogen-bond acceptors (Lipinski definition) is 5. The van der Waals surface area contributed by atoms with Gasteiger partial charge in [-0.25, -0.2) is 0 Å². The standard InChI is InChI=1S/C36H21NO4/c38-33-25-9-1-5-23-6-2-10-26(31(23)25)34(39)29(33)15-13-21(22-17-19-37-20-18-22)14-16-30-35(40)27-11-3-7-24-8-4-12-28(32(24)27)36(30)41/h1-20,38H/p-1/b15-13+,21-14-. The first-order valence-corrected chi connectivity index (χ1v) is 13.1. The van der Waals surface area contributed by atoms with Crippen LogP contribution in [0.1, 0.15) is 21.5 Å². The molecule has 0 radical (unpaired) electrons. The molecular formula is C36H20NO4-. The maximum atomic E-state index is 13.4. The molecule has 0 aliphatic heterocycles. The van der Waals surface area contributed by atoms with Gasteiger partial charge in [0.1, 0.15) is 0 Å². The molecule has 1 aliphatic carbocycles. The number of nitrogens with zero attached hydrogens (tertiary/aromatic N) is 1. The lowest BCUT2D eigenvalue weighted by Gasteiger charge is -2.25. The third-order valence-corrected chi connectivity index (χ3v) is 7.64. The summed E-state index contributed by atoms with van der Waals surface area (Å²) in [6, 6.07) is 25.3. The van der Waals surface area contributed by atoms with Crippen LogP contribution in [0.5, 0.6) is 0 Å². The molecule has 0 atom stereocenters. The zero-order chi connectivity index (χ0) is 28.1. The highest BCUT2D eigenvalue weighted by Crippen LogP contribution is 2.34. The van der Waals surface area contributed by atoms with E-state index >= 15 is 0 Å². The van der Waals surface area contributed by atoms with E-state index in [-0.39, 0.29) is 33.2 Å². The minimum atomic E-state index is -0.342. The second kappa shape index (κ2) is 9.50. The van der Waals surface area contributed by atoms with E-state index in [4.69, 9.17) is 0 Å². The average Bonchev–Trinajstić information content (AvgIpc) is 3.01. The Morgan fingerprint density at radius 2 is 1.27 bits per heavy atom. The molecule has 5 nitrogen and oxygen atoms in total. The predicted molar refractivity (Wildman–Crippen MR) is 161 cm³/mol. The molecule has 1 aromatic heterocycles. The lowest BCUT2D eigenvalue weighted by molar-refractivity contribution is -0.244. The van der Waals surface area contributed by atoms with Crippen molar-refractivity contribution < 1.29 is 9.90 Å². The molecular weight excluding hydrogens is 510 g/mol. The van der Waals surface area contributed by atoms with E-state index in [0.29, 0.717) is 38.2 Å². The third-order valence-electron chi connectivity index (χ3n) is 7.64. The maximum absolute atomic E-state index is 13.4. The smallest absolute Gasteiger partial charge is 0.197 e. The molecule has 0 saturated carbocycles. The predicted octanol–water partition coefficient (Wildman–Crippen LogP) is 4.81. The lowest BCUT2D eigenvalue weighted by atomic mass is 9.86. The van der Waals surface area contributed by atoms with E-state index in [1.54, 1.807) is 60.9 Å². The highest BCUT2D eigenvalue weighted by atomic mass is 16.3. The van der Waals surface area contributed by atoms with Crippen LogP contribution in [0.4, 0.5) is 0 Å². The minimum Gasteiger partial charge on any atom is -0.872 e. The molecule has 1 heterocycles. The normalized spacial score (nSPS) is 13.7. The number of carbonyl (C=O) groups is 1. The molecule has 0 spiro atoms. The van der Waals surface area contributed by atoms with Gasteiger partial charge in [0, 0.05) is 39.7 Å². The van der Waals surface area contributed by atoms with Gasteiger partial charge < -0.3 is 5.11 Å². The van der Waals surface area contributed by atoms with E-state index in [9.17, 15) is 19.5 Å².